The van der Waals surface area contributed by atoms with Crippen LogP contribution in [0.2, 0.25) is 0 Å². The Labute approximate surface area is 398 Å². The largest absolute Gasteiger partial charge is 0.458 e. The summed E-state index contributed by atoms with van der Waals surface area (Å²) in [7, 11) is 0. The molecule has 340 valence electrons. The number of benzene rings is 6. The summed E-state index contributed by atoms with van der Waals surface area (Å²) in [6.07, 6.45) is 7.97. The van der Waals surface area contributed by atoms with Gasteiger partial charge >= 0.3 is 0 Å². The van der Waals surface area contributed by atoms with Gasteiger partial charge in [-0.1, -0.05) is 181 Å². The maximum Gasteiger partial charge on any atom is 0.269 e. The molecule has 0 aliphatic heterocycles. The van der Waals surface area contributed by atoms with Crippen LogP contribution < -0.4 is 9.30 Å². The Morgan fingerprint density at radius 2 is 1.12 bits per heavy atom. The average Bonchev–Trinajstić information content (AvgIpc) is 3.90. The first kappa shape index (κ1) is 45.4. The third kappa shape index (κ3) is 8.61. The van der Waals surface area contributed by atoms with Crippen molar-refractivity contribution in [3.8, 4) is 28.7 Å². The molecule has 0 atom stereocenters. The lowest BCUT2D eigenvalue weighted by Crippen LogP contribution is -2.39. The zero-order chi connectivity index (χ0) is 47.7. The predicted molar refractivity (Wildman–Crippen MR) is 278 cm³/mol. The van der Waals surface area contributed by atoms with Gasteiger partial charge in [-0.2, -0.15) is 0 Å². The standard InChI is InChI=1S/C62H66N4O/c1-58(2,3)45-33-46(62(12,13)43-25-18-15-19-26-43)35-48(34-45)65-41-64(40-55(65)60(7,8)9)47-27-22-28-49(37-47)67-50-38-52(59(4,5)6)57-51-29-20-21-30-53(51)66(54(57)39-50)56-36-44(31-32-63-56)61(10,11)42-23-16-14-17-24-42/h14-40H,1-13H3. The van der Waals surface area contributed by atoms with Gasteiger partial charge in [-0.05, 0) is 104 Å². The number of rotatable bonds is 9. The Morgan fingerprint density at radius 1 is 0.493 bits per heavy atom. The van der Waals surface area contributed by atoms with Gasteiger partial charge in [0.2, 0.25) is 0 Å². The number of imidazole rings is 1. The molecule has 67 heavy (non-hydrogen) atoms. The van der Waals surface area contributed by atoms with E-state index in [1.165, 1.54) is 44.2 Å². The molecule has 9 rings (SSSR count). The number of aromatic nitrogens is 4. The van der Waals surface area contributed by atoms with Crippen molar-refractivity contribution >= 4 is 21.8 Å². The smallest absolute Gasteiger partial charge is 0.269 e. The fraction of sp³-hybridized carbons (Fsp3) is 0.290. The zero-order valence-corrected chi connectivity index (χ0v) is 41.8. The van der Waals surface area contributed by atoms with E-state index < -0.39 is 0 Å². The van der Waals surface area contributed by atoms with E-state index >= 15 is 0 Å². The molecule has 3 aromatic heterocycles. The first-order chi connectivity index (χ1) is 31.6. The van der Waals surface area contributed by atoms with Gasteiger partial charge in [0.1, 0.15) is 17.3 Å². The molecule has 0 N–H and O–H groups in total. The highest BCUT2D eigenvalue weighted by atomic mass is 16.5. The number of nitrogens with zero attached hydrogens (tertiary/aromatic N) is 4. The van der Waals surface area contributed by atoms with Gasteiger partial charge in [0.15, 0.2) is 0 Å². The van der Waals surface area contributed by atoms with Crippen molar-refractivity contribution in [3.05, 3.63) is 209 Å². The number of hydrogen-bond acceptors (Lipinski definition) is 2. The van der Waals surface area contributed by atoms with Crippen LogP contribution in [0.1, 0.15) is 129 Å². The monoisotopic (exact) mass is 883 g/mol. The van der Waals surface area contributed by atoms with Gasteiger partial charge in [-0.3, -0.25) is 13.7 Å². The van der Waals surface area contributed by atoms with Gasteiger partial charge < -0.3 is 4.74 Å². The number of fused-ring (bicyclic) bond motifs is 3. The molecule has 5 nitrogen and oxygen atoms in total. The summed E-state index contributed by atoms with van der Waals surface area (Å²) < 4.78 is 13.7. The lowest BCUT2D eigenvalue weighted by atomic mass is 9.75. The molecule has 0 unspecified atom stereocenters. The molecule has 0 amide bonds. The molecule has 5 heteroatoms. The second-order valence-corrected chi connectivity index (χ2v) is 22.5. The molecule has 3 heterocycles. The van der Waals surface area contributed by atoms with Crippen molar-refractivity contribution in [1.29, 1.82) is 0 Å². The van der Waals surface area contributed by atoms with E-state index in [2.05, 4.69) is 262 Å². The lowest BCUT2D eigenvalue weighted by Gasteiger charge is -2.30. The first-order valence-electron chi connectivity index (χ1n) is 23.8. The summed E-state index contributed by atoms with van der Waals surface area (Å²) in [5.41, 5.74) is 12.1. The average molecular weight is 883 g/mol. The highest BCUT2D eigenvalue weighted by molar-refractivity contribution is 6.11. The van der Waals surface area contributed by atoms with Crippen LogP contribution in [0.4, 0.5) is 0 Å². The van der Waals surface area contributed by atoms with Crippen LogP contribution in [0.5, 0.6) is 11.5 Å². The molecule has 0 radical (unpaired) electrons. The van der Waals surface area contributed by atoms with Crippen molar-refractivity contribution in [2.45, 2.75) is 117 Å². The van der Waals surface area contributed by atoms with E-state index in [-0.39, 0.29) is 27.1 Å². The molecule has 0 spiro atoms. The molecule has 9 aromatic rings. The van der Waals surface area contributed by atoms with Crippen LogP contribution >= 0.6 is 0 Å². The second kappa shape index (κ2) is 16.6. The Bertz CT molecular complexity index is 3250. The SMILES string of the molecule is CC(C)(C)c1cc(-[n+]2[c-]n(-c3cccc(Oc4cc(C(C)(C)C)c5c6ccccc6n(-c6cc(C(C)(C)c7ccccc7)ccn6)c5c4)c3)cc2C(C)(C)C)cc(C(C)(C)c2ccccc2)c1. The first-order valence-corrected chi connectivity index (χ1v) is 23.8. The van der Waals surface area contributed by atoms with Gasteiger partial charge in [0, 0.05) is 40.1 Å². The molecule has 0 bridgehead atoms. The maximum absolute atomic E-state index is 6.98. The minimum atomic E-state index is -0.226. The van der Waals surface area contributed by atoms with Crippen LogP contribution in [-0.2, 0) is 27.1 Å². The highest BCUT2D eigenvalue weighted by Gasteiger charge is 2.30. The van der Waals surface area contributed by atoms with Crippen molar-refractivity contribution < 1.29 is 9.30 Å². The minimum Gasteiger partial charge on any atom is -0.458 e. The summed E-state index contributed by atoms with van der Waals surface area (Å²) in [5, 5.41) is 2.41. The Morgan fingerprint density at radius 3 is 1.76 bits per heavy atom. The van der Waals surface area contributed by atoms with Crippen LogP contribution in [0.3, 0.4) is 0 Å². The molecule has 0 saturated carbocycles. The highest BCUT2D eigenvalue weighted by Crippen LogP contribution is 2.43. The molecule has 0 aliphatic rings. The van der Waals surface area contributed by atoms with Crippen LogP contribution in [0, 0.1) is 6.33 Å². The predicted octanol–water partition coefficient (Wildman–Crippen LogP) is 15.4. The van der Waals surface area contributed by atoms with Crippen molar-refractivity contribution in [1.82, 2.24) is 14.1 Å². The fourth-order valence-electron chi connectivity index (χ4n) is 9.54. The Balaban J connectivity index is 1.15. The summed E-state index contributed by atoms with van der Waals surface area (Å²) >= 11 is 0. The van der Waals surface area contributed by atoms with Gasteiger partial charge in [-0.15, -0.1) is 0 Å². The lowest BCUT2D eigenvalue weighted by molar-refractivity contribution is -0.611. The number of para-hydroxylation sites is 1. The Kier molecular flexibility index (Phi) is 11.2. The summed E-state index contributed by atoms with van der Waals surface area (Å²) in [5.74, 6) is 2.40. The topological polar surface area (TPSA) is 35.9 Å². The van der Waals surface area contributed by atoms with E-state index in [9.17, 15) is 0 Å². The number of hydrogen-bond donors (Lipinski definition) is 0. The third-order valence-corrected chi connectivity index (χ3v) is 13.8. The van der Waals surface area contributed by atoms with E-state index in [4.69, 9.17) is 9.72 Å². The molecule has 6 aromatic carbocycles. The van der Waals surface area contributed by atoms with Crippen molar-refractivity contribution in [2.24, 2.45) is 0 Å². The minimum absolute atomic E-state index is 0.0573. The molecular weight excluding hydrogens is 817 g/mol. The van der Waals surface area contributed by atoms with E-state index in [1.807, 2.05) is 12.3 Å². The van der Waals surface area contributed by atoms with Crippen LogP contribution in [-0.4, -0.2) is 14.1 Å². The van der Waals surface area contributed by atoms with E-state index in [0.29, 0.717) is 0 Å². The van der Waals surface area contributed by atoms with Gasteiger partial charge in [-0.25, -0.2) is 4.98 Å². The van der Waals surface area contributed by atoms with Crippen LogP contribution in [0.15, 0.2) is 164 Å². The number of ether oxygens (including phenoxy) is 1. The van der Waals surface area contributed by atoms with Crippen molar-refractivity contribution in [2.75, 3.05) is 0 Å². The molecule has 0 aliphatic carbocycles. The van der Waals surface area contributed by atoms with E-state index in [1.54, 1.807) is 0 Å². The normalized spacial score (nSPS) is 12.9. The fourth-order valence-corrected chi connectivity index (χ4v) is 9.54. The molecule has 0 saturated heterocycles. The van der Waals surface area contributed by atoms with Crippen molar-refractivity contribution in [3.63, 3.8) is 0 Å². The molecular formula is C62H66N4O. The third-order valence-electron chi connectivity index (χ3n) is 13.8. The Hall–Kier alpha value is -6.72. The zero-order valence-electron chi connectivity index (χ0n) is 41.8. The summed E-state index contributed by atoms with van der Waals surface area (Å²) in [6.45, 7) is 29.8. The molecule has 0 fully saturated rings. The summed E-state index contributed by atoms with van der Waals surface area (Å²) in [4.78, 5) is 5.05. The number of pyridine rings is 1. The quantitative estimate of drug-likeness (QED) is 0.107. The second-order valence-electron chi connectivity index (χ2n) is 22.5. The maximum atomic E-state index is 6.98. The summed E-state index contributed by atoms with van der Waals surface area (Å²) in [6, 6.07) is 54.5. The van der Waals surface area contributed by atoms with Gasteiger partial charge in [0.25, 0.3) is 6.33 Å². The van der Waals surface area contributed by atoms with E-state index in [0.717, 1.165) is 45.4 Å². The van der Waals surface area contributed by atoms with Crippen LogP contribution in [0.25, 0.3) is 39.0 Å². The van der Waals surface area contributed by atoms with Gasteiger partial charge in [0.05, 0.1) is 28.1 Å².